The molecule has 17 heavy (non-hydrogen) atoms. The summed E-state index contributed by atoms with van der Waals surface area (Å²) in [6.07, 6.45) is -4.65. The van der Waals surface area contributed by atoms with Gasteiger partial charge in [-0.2, -0.15) is 0 Å². The van der Waals surface area contributed by atoms with Gasteiger partial charge in [-0.05, 0) is 12.1 Å². The third-order valence-electron chi connectivity index (χ3n) is 1.83. The molecule has 0 aliphatic heterocycles. The second-order valence-corrected chi connectivity index (χ2v) is 3.05. The SMILES string of the molecule is COc1ccc(N)c(OCCOC(F)(F)F)c1. The molecule has 7 heteroatoms. The molecule has 1 aromatic carbocycles. The van der Waals surface area contributed by atoms with Crippen molar-refractivity contribution in [2.75, 3.05) is 26.1 Å². The Morgan fingerprint density at radius 1 is 1.24 bits per heavy atom. The molecule has 4 nitrogen and oxygen atoms in total. The first-order valence-electron chi connectivity index (χ1n) is 4.69. The fraction of sp³-hybridized carbons (Fsp3) is 0.400. The lowest BCUT2D eigenvalue weighted by molar-refractivity contribution is -0.325. The van der Waals surface area contributed by atoms with Gasteiger partial charge in [-0.25, -0.2) is 0 Å². The van der Waals surface area contributed by atoms with Crippen LogP contribution in [0.15, 0.2) is 18.2 Å². The van der Waals surface area contributed by atoms with Crippen LogP contribution in [-0.4, -0.2) is 26.7 Å². The molecule has 0 unspecified atom stereocenters. The molecule has 0 heterocycles. The van der Waals surface area contributed by atoms with Crippen molar-refractivity contribution in [3.05, 3.63) is 18.2 Å². The van der Waals surface area contributed by atoms with Crippen molar-refractivity contribution < 1.29 is 27.4 Å². The van der Waals surface area contributed by atoms with Gasteiger partial charge in [0.1, 0.15) is 18.1 Å². The van der Waals surface area contributed by atoms with E-state index in [0.717, 1.165) is 0 Å². The standard InChI is InChI=1S/C10H12F3NO3/c1-15-7-2-3-8(14)9(6-7)16-4-5-17-10(11,12)13/h2-3,6H,4-5,14H2,1H3. The number of methoxy groups -OCH3 is 1. The van der Waals surface area contributed by atoms with E-state index in [9.17, 15) is 13.2 Å². The molecule has 0 radical (unpaired) electrons. The molecular formula is C10H12F3NO3. The maximum absolute atomic E-state index is 11.7. The van der Waals surface area contributed by atoms with Gasteiger partial charge in [0.15, 0.2) is 0 Å². The Bertz CT molecular complexity index is 368. The van der Waals surface area contributed by atoms with Crippen LogP contribution in [0, 0.1) is 0 Å². The summed E-state index contributed by atoms with van der Waals surface area (Å²) < 4.78 is 48.5. The number of hydrogen-bond acceptors (Lipinski definition) is 4. The zero-order chi connectivity index (χ0) is 12.9. The highest BCUT2D eigenvalue weighted by Gasteiger charge is 2.28. The van der Waals surface area contributed by atoms with Crippen molar-refractivity contribution >= 4 is 5.69 Å². The van der Waals surface area contributed by atoms with Crippen molar-refractivity contribution in [1.82, 2.24) is 0 Å². The lowest BCUT2D eigenvalue weighted by Crippen LogP contribution is -2.18. The highest BCUT2D eigenvalue weighted by molar-refractivity contribution is 5.55. The van der Waals surface area contributed by atoms with E-state index < -0.39 is 13.0 Å². The summed E-state index contributed by atoms with van der Waals surface area (Å²) in [5, 5.41) is 0. The first-order valence-corrected chi connectivity index (χ1v) is 4.69. The Balaban J connectivity index is 2.46. The number of benzene rings is 1. The Morgan fingerprint density at radius 3 is 2.53 bits per heavy atom. The van der Waals surface area contributed by atoms with Gasteiger partial charge in [0.05, 0.1) is 19.4 Å². The second kappa shape index (κ2) is 5.62. The molecule has 96 valence electrons. The molecule has 0 saturated carbocycles. The average Bonchev–Trinajstić information content (AvgIpc) is 2.25. The fourth-order valence-corrected chi connectivity index (χ4v) is 1.08. The van der Waals surface area contributed by atoms with Crippen LogP contribution >= 0.6 is 0 Å². The predicted octanol–water partition coefficient (Wildman–Crippen LogP) is 2.19. The van der Waals surface area contributed by atoms with Gasteiger partial charge in [-0.15, -0.1) is 13.2 Å². The largest absolute Gasteiger partial charge is 0.522 e. The van der Waals surface area contributed by atoms with E-state index in [0.29, 0.717) is 11.4 Å². The first kappa shape index (κ1) is 13.4. The van der Waals surface area contributed by atoms with Crippen LogP contribution in [0.3, 0.4) is 0 Å². The molecule has 0 aliphatic carbocycles. The molecule has 0 spiro atoms. The smallest absolute Gasteiger partial charge is 0.497 e. The van der Waals surface area contributed by atoms with Crippen molar-refractivity contribution in [3.63, 3.8) is 0 Å². The summed E-state index contributed by atoms with van der Waals surface area (Å²) >= 11 is 0. The molecule has 0 saturated heterocycles. The number of alkyl halides is 3. The minimum absolute atomic E-state index is 0.253. The molecule has 1 aromatic rings. The molecule has 1 rings (SSSR count). The van der Waals surface area contributed by atoms with Crippen molar-refractivity contribution in [2.24, 2.45) is 0 Å². The highest BCUT2D eigenvalue weighted by Crippen LogP contribution is 2.26. The number of ether oxygens (including phenoxy) is 3. The van der Waals surface area contributed by atoms with Gasteiger partial charge in [0.2, 0.25) is 0 Å². The number of halogens is 3. The van der Waals surface area contributed by atoms with Crippen LogP contribution in [0.4, 0.5) is 18.9 Å². The second-order valence-electron chi connectivity index (χ2n) is 3.05. The Morgan fingerprint density at radius 2 is 1.94 bits per heavy atom. The predicted molar refractivity (Wildman–Crippen MR) is 54.9 cm³/mol. The van der Waals surface area contributed by atoms with Crippen molar-refractivity contribution in [1.29, 1.82) is 0 Å². The summed E-state index contributed by atoms with van der Waals surface area (Å²) in [4.78, 5) is 0. The van der Waals surface area contributed by atoms with Crippen LogP contribution in [0.1, 0.15) is 0 Å². The van der Waals surface area contributed by atoms with Crippen LogP contribution in [0.5, 0.6) is 11.5 Å². The van der Waals surface area contributed by atoms with E-state index in [1.807, 2.05) is 0 Å². The molecule has 2 N–H and O–H groups in total. The highest BCUT2D eigenvalue weighted by atomic mass is 19.4. The van der Waals surface area contributed by atoms with Gasteiger partial charge in [-0.3, -0.25) is 4.74 Å². The van der Waals surface area contributed by atoms with E-state index in [1.54, 1.807) is 12.1 Å². The average molecular weight is 251 g/mol. The lowest BCUT2D eigenvalue weighted by Gasteiger charge is -2.11. The normalized spacial score (nSPS) is 11.3. The quantitative estimate of drug-likeness (QED) is 0.643. The summed E-state index contributed by atoms with van der Waals surface area (Å²) in [6.45, 7) is -0.850. The molecule has 0 atom stereocenters. The number of rotatable bonds is 5. The topological polar surface area (TPSA) is 53.7 Å². The summed E-state index contributed by atoms with van der Waals surface area (Å²) in [5.74, 6) is 0.765. The maximum atomic E-state index is 11.7. The molecule has 0 bridgehead atoms. The minimum atomic E-state index is -4.65. The summed E-state index contributed by atoms with van der Waals surface area (Å²) in [6, 6.07) is 4.65. The van der Waals surface area contributed by atoms with Gasteiger partial charge in [0, 0.05) is 6.07 Å². The zero-order valence-electron chi connectivity index (χ0n) is 9.08. The lowest BCUT2D eigenvalue weighted by atomic mass is 10.3. The van der Waals surface area contributed by atoms with Crippen LogP contribution < -0.4 is 15.2 Å². The van der Waals surface area contributed by atoms with Crippen LogP contribution in [0.25, 0.3) is 0 Å². The van der Waals surface area contributed by atoms with Gasteiger partial charge >= 0.3 is 6.36 Å². The van der Waals surface area contributed by atoms with Crippen molar-refractivity contribution in [2.45, 2.75) is 6.36 Å². The van der Waals surface area contributed by atoms with E-state index in [2.05, 4.69) is 4.74 Å². The molecule has 0 aromatic heterocycles. The Labute approximate surface area is 96.1 Å². The number of hydrogen-bond donors (Lipinski definition) is 1. The van der Waals surface area contributed by atoms with E-state index in [1.165, 1.54) is 13.2 Å². The fourth-order valence-electron chi connectivity index (χ4n) is 1.08. The van der Waals surface area contributed by atoms with Crippen molar-refractivity contribution in [3.8, 4) is 11.5 Å². The van der Waals surface area contributed by atoms with Gasteiger partial charge < -0.3 is 15.2 Å². The maximum Gasteiger partial charge on any atom is 0.522 e. The molecular weight excluding hydrogens is 239 g/mol. The third-order valence-corrected chi connectivity index (χ3v) is 1.83. The van der Waals surface area contributed by atoms with Gasteiger partial charge in [0.25, 0.3) is 0 Å². The number of nitrogen functional groups attached to an aromatic ring is 1. The summed E-state index contributed by atoms with van der Waals surface area (Å²) in [7, 11) is 1.46. The van der Waals surface area contributed by atoms with Crippen LogP contribution in [0.2, 0.25) is 0 Å². The molecule has 0 amide bonds. The summed E-state index contributed by atoms with van der Waals surface area (Å²) in [5.41, 5.74) is 5.89. The van der Waals surface area contributed by atoms with Gasteiger partial charge in [-0.1, -0.05) is 0 Å². The molecule has 0 aliphatic rings. The first-order chi connectivity index (χ1) is 7.92. The Hall–Kier alpha value is -1.63. The van der Waals surface area contributed by atoms with Crippen LogP contribution in [-0.2, 0) is 4.74 Å². The molecule has 0 fully saturated rings. The van der Waals surface area contributed by atoms with E-state index >= 15 is 0 Å². The monoisotopic (exact) mass is 251 g/mol. The van der Waals surface area contributed by atoms with E-state index in [4.69, 9.17) is 15.2 Å². The Kier molecular flexibility index (Phi) is 4.45. The minimum Gasteiger partial charge on any atom is -0.497 e. The van der Waals surface area contributed by atoms with E-state index in [-0.39, 0.29) is 12.4 Å². The number of nitrogens with two attached hydrogens (primary N) is 1. The third kappa shape index (κ3) is 4.81. The number of anilines is 1. The zero-order valence-corrected chi connectivity index (χ0v) is 9.08.